The molecule has 0 bridgehead atoms. The van der Waals surface area contributed by atoms with E-state index >= 15 is 0 Å². The van der Waals surface area contributed by atoms with Gasteiger partial charge in [0.05, 0.1) is 23.8 Å². The minimum Gasteiger partial charge on any atom is -0.321 e. The van der Waals surface area contributed by atoms with Gasteiger partial charge >= 0.3 is 0 Å². The topological polar surface area (TPSA) is 55.6 Å². The molecule has 2 aromatic heterocycles. The van der Waals surface area contributed by atoms with E-state index in [1.165, 1.54) is 0 Å². The highest BCUT2D eigenvalue weighted by molar-refractivity contribution is 5.54. The Morgan fingerprint density at radius 2 is 2.00 bits per heavy atom. The van der Waals surface area contributed by atoms with Gasteiger partial charge in [0.15, 0.2) is 5.82 Å². The molecule has 78 valence electrons. The number of anilines is 2. The molecule has 15 heavy (non-hydrogen) atoms. The van der Waals surface area contributed by atoms with Crippen LogP contribution in [0.4, 0.5) is 16.0 Å². The molecular formula is C9H10FN5. The molecule has 5 nitrogen and oxygen atoms in total. The molecule has 0 saturated carbocycles. The largest absolute Gasteiger partial charge is 0.321 e. The summed E-state index contributed by atoms with van der Waals surface area (Å²) in [5.41, 5.74) is 1.65. The predicted octanol–water partition coefficient (Wildman–Crippen LogP) is 1.40. The average Bonchev–Trinajstić information content (AvgIpc) is 2.49. The van der Waals surface area contributed by atoms with Gasteiger partial charge in [-0.05, 0) is 6.92 Å². The van der Waals surface area contributed by atoms with Crippen molar-refractivity contribution in [2.45, 2.75) is 6.92 Å². The number of hydrogen-bond acceptors (Lipinski definition) is 4. The third-order valence-corrected chi connectivity index (χ3v) is 1.88. The van der Waals surface area contributed by atoms with Gasteiger partial charge < -0.3 is 5.32 Å². The van der Waals surface area contributed by atoms with Crippen LogP contribution < -0.4 is 5.32 Å². The maximum absolute atomic E-state index is 12.5. The summed E-state index contributed by atoms with van der Waals surface area (Å²) >= 11 is 0. The molecule has 0 aromatic carbocycles. The van der Waals surface area contributed by atoms with E-state index in [1.807, 2.05) is 20.2 Å². The lowest BCUT2D eigenvalue weighted by Crippen LogP contribution is -1.97. The van der Waals surface area contributed by atoms with Gasteiger partial charge in [-0.1, -0.05) is 0 Å². The van der Waals surface area contributed by atoms with Crippen LogP contribution in [0.3, 0.4) is 0 Å². The Kier molecular flexibility index (Phi) is 2.32. The Labute approximate surface area is 86.0 Å². The fourth-order valence-electron chi connectivity index (χ4n) is 1.22. The highest BCUT2D eigenvalue weighted by Gasteiger charge is 2.04. The molecule has 0 saturated heterocycles. The van der Waals surface area contributed by atoms with Gasteiger partial charge in [-0.2, -0.15) is 5.10 Å². The number of rotatable bonds is 2. The van der Waals surface area contributed by atoms with Crippen LogP contribution in [-0.4, -0.2) is 19.7 Å². The molecule has 0 spiro atoms. The van der Waals surface area contributed by atoms with Gasteiger partial charge in [0.25, 0.3) is 0 Å². The van der Waals surface area contributed by atoms with Gasteiger partial charge in [0, 0.05) is 13.2 Å². The summed E-state index contributed by atoms with van der Waals surface area (Å²) in [6.45, 7) is 1.87. The van der Waals surface area contributed by atoms with Gasteiger partial charge in [0.1, 0.15) is 0 Å². The fraction of sp³-hybridized carbons (Fsp3) is 0.222. The van der Waals surface area contributed by atoms with E-state index < -0.39 is 5.82 Å². The van der Waals surface area contributed by atoms with Crippen LogP contribution in [0, 0.1) is 12.7 Å². The zero-order chi connectivity index (χ0) is 10.8. The van der Waals surface area contributed by atoms with Crippen molar-refractivity contribution in [1.82, 2.24) is 19.7 Å². The van der Waals surface area contributed by atoms with Crippen molar-refractivity contribution in [3.05, 3.63) is 30.1 Å². The molecule has 0 radical (unpaired) electrons. The quantitative estimate of drug-likeness (QED) is 0.808. The lowest BCUT2D eigenvalue weighted by atomic mass is 10.4. The number of nitrogens with one attached hydrogen (secondary N) is 1. The maximum Gasteiger partial charge on any atom is 0.227 e. The van der Waals surface area contributed by atoms with Gasteiger partial charge in [0.2, 0.25) is 5.95 Å². The van der Waals surface area contributed by atoms with E-state index in [-0.39, 0.29) is 0 Å². The van der Waals surface area contributed by atoms with Crippen molar-refractivity contribution in [3.63, 3.8) is 0 Å². The molecule has 0 aliphatic heterocycles. The van der Waals surface area contributed by atoms with Crippen LogP contribution in [-0.2, 0) is 7.05 Å². The van der Waals surface area contributed by atoms with Crippen LogP contribution in [0.25, 0.3) is 0 Å². The van der Waals surface area contributed by atoms with E-state index in [0.29, 0.717) is 5.95 Å². The minimum absolute atomic E-state index is 0.354. The molecule has 2 heterocycles. The van der Waals surface area contributed by atoms with Crippen LogP contribution in [0.15, 0.2) is 18.6 Å². The zero-order valence-electron chi connectivity index (χ0n) is 8.40. The number of nitrogens with zero attached hydrogens (tertiary/aromatic N) is 4. The normalized spacial score (nSPS) is 10.3. The van der Waals surface area contributed by atoms with Gasteiger partial charge in [-0.25, -0.2) is 14.4 Å². The summed E-state index contributed by atoms with van der Waals surface area (Å²) in [5.74, 6) is -0.101. The molecule has 0 atom stereocenters. The summed E-state index contributed by atoms with van der Waals surface area (Å²) in [7, 11) is 1.82. The van der Waals surface area contributed by atoms with E-state index in [2.05, 4.69) is 20.4 Å². The van der Waals surface area contributed by atoms with Crippen LogP contribution in [0.1, 0.15) is 5.69 Å². The number of hydrogen-bond donors (Lipinski definition) is 1. The average molecular weight is 207 g/mol. The van der Waals surface area contributed by atoms with E-state index in [9.17, 15) is 4.39 Å². The SMILES string of the molecule is Cc1nn(C)cc1Nc1ncc(F)cn1. The lowest BCUT2D eigenvalue weighted by Gasteiger charge is -2.01. The Morgan fingerprint density at radius 1 is 1.33 bits per heavy atom. The first-order valence-electron chi connectivity index (χ1n) is 4.40. The molecule has 2 aromatic rings. The number of halogens is 1. The summed E-state index contributed by atoms with van der Waals surface area (Å²) < 4.78 is 14.2. The highest BCUT2D eigenvalue weighted by atomic mass is 19.1. The molecular weight excluding hydrogens is 197 g/mol. The molecule has 2 rings (SSSR count). The summed E-state index contributed by atoms with van der Waals surface area (Å²) in [6, 6.07) is 0. The Bertz CT molecular complexity index is 462. The van der Waals surface area contributed by atoms with Crippen LogP contribution >= 0.6 is 0 Å². The molecule has 6 heteroatoms. The Morgan fingerprint density at radius 3 is 2.53 bits per heavy atom. The summed E-state index contributed by atoms with van der Waals surface area (Å²) in [4.78, 5) is 7.58. The molecule has 0 unspecified atom stereocenters. The van der Waals surface area contributed by atoms with Crippen molar-refractivity contribution in [1.29, 1.82) is 0 Å². The molecule has 0 aliphatic carbocycles. The second-order valence-corrected chi connectivity index (χ2v) is 3.15. The molecule has 0 amide bonds. The van der Waals surface area contributed by atoms with Crippen LogP contribution in [0.2, 0.25) is 0 Å². The lowest BCUT2D eigenvalue weighted by molar-refractivity contribution is 0.614. The summed E-state index contributed by atoms with van der Waals surface area (Å²) in [6.07, 6.45) is 4.03. The first-order chi connectivity index (χ1) is 7.15. The Hall–Kier alpha value is -1.98. The number of aryl methyl sites for hydroxylation is 2. The van der Waals surface area contributed by atoms with Crippen molar-refractivity contribution < 1.29 is 4.39 Å². The van der Waals surface area contributed by atoms with E-state index in [1.54, 1.807) is 4.68 Å². The highest BCUT2D eigenvalue weighted by Crippen LogP contribution is 2.15. The predicted molar refractivity (Wildman–Crippen MR) is 53.2 cm³/mol. The van der Waals surface area contributed by atoms with Gasteiger partial charge in [-0.3, -0.25) is 4.68 Å². The summed E-state index contributed by atoms with van der Waals surface area (Å²) in [5, 5.41) is 7.10. The first-order valence-corrected chi connectivity index (χ1v) is 4.40. The molecule has 1 N–H and O–H groups in total. The van der Waals surface area contributed by atoms with Crippen molar-refractivity contribution in [3.8, 4) is 0 Å². The second kappa shape index (κ2) is 3.64. The monoisotopic (exact) mass is 207 g/mol. The standard InChI is InChI=1S/C9H10FN5/c1-6-8(5-15(2)14-6)13-9-11-3-7(10)4-12-9/h3-5H,1-2H3,(H,11,12,13). The van der Waals surface area contributed by atoms with Crippen molar-refractivity contribution >= 4 is 11.6 Å². The van der Waals surface area contributed by atoms with E-state index in [0.717, 1.165) is 23.8 Å². The molecule has 0 aliphatic rings. The Balaban J connectivity index is 2.21. The number of aromatic nitrogens is 4. The minimum atomic E-state index is -0.455. The third kappa shape index (κ3) is 2.09. The van der Waals surface area contributed by atoms with Crippen molar-refractivity contribution in [2.24, 2.45) is 7.05 Å². The second-order valence-electron chi connectivity index (χ2n) is 3.15. The van der Waals surface area contributed by atoms with Crippen LogP contribution in [0.5, 0.6) is 0 Å². The smallest absolute Gasteiger partial charge is 0.227 e. The zero-order valence-corrected chi connectivity index (χ0v) is 8.40. The van der Waals surface area contributed by atoms with E-state index in [4.69, 9.17) is 0 Å². The van der Waals surface area contributed by atoms with Gasteiger partial charge in [-0.15, -0.1) is 0 Å². The van der Waals surface area contributed by atoms with Crippen molar-refractivity contribution in [2.75, 3.05) is 5.32 Å². The fourth-order valence-corrected chi connectivity index (χ4v) is 1.22. The first kappa shape index (κ1) is 9.57. The maximum atomic E-state index is 12.5. The molecule has 0 fully saturated rings. The third-order valence-electron chi connectivity index (χ3n) is 1.88.